The third kappa shape index (κ3) is 5.47. The Labute approximate surface area is 116 Å². The van der Waals surface area contributed by atoms with E-state index in [0.29, 0.717) is 25.0 Å². The smallest absolute Gasteiger partial charge is 0.222 e. The molecular formula is C14H27N3O2. The first-order chi connectivity index (χ1) is 9.24. The minimum absolute atomic E-state index is 0.128. The van der Waals surface area contributed by atoms with Crippen molar-refractivity contribution in [1.29, 1.82) is 0 Å². The predicted molar refractivity (Wildman–Crippen MR) is 75.1 cm³/mol. The van der Waals surface area contributed by atoms with Crippen LogP contribution in [0.25, 0.3) is 0 Å². The Bertz CT molecular complexity index is 280. The molecule has 5 heteroatoms. The van der Waals surface area contributed by atoms with E-state index < -0.39 is 0 Å². The number of amides is 1. The van der Waals surface area contributed by atoms with Crippen molar-refractivity contribution in [2.45, 2.75) is 31.8 Å². The van der Waals surface area contributed by atoms with Gasteiger partial charge >= 0.3 is 0 Å². The second-order valence-electron chi connectivity index (χ2n) is 5.79. The molecule has 0 bridgehead atoms. The van der Waals surface area contributed by atoms with E-state index in [0.717, 1.165) is 45.6 Å². The Hall–Kier alpha value is -0.650. The van der Waals surface area contributed by atoms with Gasteiger partial charge in [0.2, 0.25) is 5.91 Å². The van der Waals surface area contributed by atoms with Crippen molar-refractivity contribution in [1.82, 2.24) is 15.5 Å². The first kappa shape index (κ1) is 14.8. The predicted octanol–water partition coefficient (Wildman–Crippen LogP) is 0.213. The highest BCUT2D eigenvalue weighted by molar-refractivity contribution is 5.75. The third-order valence-electron chi connectivity index (χ3n) is 4.05. The van der Waals surface area contributed by atoms with Gasteiger partial charge in [-0.2, -0.15) is 0 Å². The minimum atomic E-state index is 0.128. The molecule has 2 heterocycles. The number of carbonyl (C=O) groups excluding carboxylic acids is 1. The lowest BCUT2D eigenvalue weighted by Gasteiger charge is -2.22. The van der Waals surface area contributed by atoms with E-state index >= 15 is 0 Å². The molecule has 1 amide bonds. The molecule has 0 aliphatic carbocycles. The zero-order valence-corrected chi connectivity index (χ0v) is 12.0. The maximum atomic E-state index is 11.7. The summed E-state index contributed by atoms with van der Waals surface area (Å²) in [5, 5.41) is 6.33. The van der Waals surface area contributed by atoms with Crippen LogP contribution >= 0.6 is 0 Å². The van der Waals surface area contributed by atoms with Crippen molar-refractivity contribution in [2.24, 2.45) is 5.92 Å². The number of hydrogen-bond donors (Lipinski definition) is 2. The summed E-state index contributed by atoms with van der Waals surface area (Å²) in [4.78, 5) is 14.0. The second-order valence-corrected chi connectivity index (χ2v) is 5.79. The molecule has 2 aliphatic rings. The van der Waals surface area contributed by atoms with E-state index in [9.17, 15) is 4.79 Å². The number of piperidine rings is 1. The molecule has 0 radical (unpaired) electrons. The molecule has 0 aromatic heterocycles. The zero-order chi connectivity index (χ0) is 13.5. The van der Waals surface area contributed by atoms with Gasteiger partial charge in [0.1, 0.15) is 0 Å². The van der Waals surface area contributed by atoms with Crippen LogP contribution in [0.1, 0.15) is 25.7 Å². The fourth-order valence-electron chi connectivity index (χ4n) is 2.82. The van der Waals surface area contributed by atoms with Crippen LogP contribution in [-0.4, -0.2) is 63.3 Å². The third-order valence-corrected chi connectivity index (χ3v) is 4.05. The van der Waals surface area contributed by atoms with Crippen LogP contribution in [0, 0.1) is 5.92 Å². The molecular weight excluding hydrogens is 242 g/mol. The number of carbonyl (C=O) groups is 1. The van der Waals surface area contributed by atoms with Gasteiger partial charge in [0.25, 0.3) is 0 Å². The Morgan fingerprint density at radius 3 is 2.84 bits per heavy atom. The molecule has 2 rings (SSSR count). The van der Waals surface area contributed by atoms with E-state index in [1.165, 1.54) is 6.42 Å². The van der Waals surface area contributed by atoms with Gasteiger partial charge < -0.3 is 20.3 Å². The van der Waals surface area contributed by atoms with E-state index in [1.807, 2.05) is 0 Å². The molecule has 19 heavy (non-hydrogen) atoms. The average Bonchev–Trinajstić information content (AvgIpc) is 2.83. The van der Waals surface area contributed by atoms with Gasteiger partial charge in [-0.05, 0) is 51.9 Å². The van der Waals surface area contributed by atoms with E-state index in [4.69, 9.17) is 4.74 Å². The van der Waals surface area contributed by atoms with Gasteiger partial charge in [0, 0.05) is 19.5 Å². The molecule has 0 aromatic rings. The summed E-state index contributed by atoms with van der Waals surface area (Å²) in [5.41, 5.74) is 0. The summed E-state index contributed by atoms with van der Waals surface area (Å²) in [6.45, 7) is 5.70. The molecule has 2 fully saturated rings. The Kier molecular flexibility index (Phi) is 6.07. The monoisotopic (exact) mass is 269 g/mol. The number of nitrogens with one attached hydrogen (secondary N) is 2. The summed E-state index contributed by atoms with van der Waals surface area (Å²) in [6, 6.07) is 0. The van der Waals surface area contributed by atoms with Crippen molar-refractivity contribution >= 4 is 5.91 Å². The number of hydrogen-bond acceptors (Lipinski definition) is 4. The second kappa shape index (κ2) is 7.82. The van der Waals surface area contributed by atoms with Gasteiger partial charge in [-0.25, -0.2) is 0 Å². The van der Waals surface area contributed by atoms with Crippen molar-refractivity contribution in [2.75, 3.05) is 46.4 Å². The molecule has 2 aliphatic heterocycles. The summed E-state index contributed by atoms with van der Waals surface area (Å²) in [7, 11) is 2.13. The van der Waals surface area contributed by atoms with Crippen LogP contribution in [-0.2, 0) is 9.53 Å². The topological polar surface area (TPSA) is 53.6 Å². The van der Waals surface area contributed by atoms with Gasteiger partial charge in [0.05, 0.1) is 12.7 Å². The largest absolute Gasteiger partial charge is 0.378 e. The highest BCUT2D eigenvalue weighted by atomic mass is 16.5. The maximum Gasteiger partial charge on any atom is 0.222 e. The molecule has 0 spiro atoms. The van der Waals surface area contributed by atoms with Gasteiger partial charge in [-0.3, -0.25) is 4.79 Å². The minimum Gasteiger partial charge on any atom is -0.378 e. The SMILES string of the molecule is CN1CCC(CNC(=O)CCOC2CCNCC2)C1. The maximum absolute atomic E-state index is 11.7. The van der Waals surface area contributed by atoms with Crippen LogP contribution in [0.3, 0.4) is 0 Å². The quantitative estimate of drug-likeness (QED) is 0.724. The van der Waals surface area contributed by atoms with Crippen LogP contribution in [0.5, 0.6) is 0 Å². The van der Waals surface area contributed by atoms with Crippen molar-refractivity contribution in [3.05, 3.63) is 0 Å². The zero-order valence-electron chi connectivity index (χ0n) is 12.0. The summed E-state index contributed by atoms with van der Waals surface area (Å²) in [6.07, 6.45) is 4.17. The molecule has 0 aromatic carbocycles. The lowest BCUT2D eigenvalue weighted by molar-refractivity contribution is -0.122. The standard InChI is InChI=1S/C14H27N3O2/c1-17-8-4-12(11-17)10-16-14(18)5-9-19-13-2-6-15-7-3-13/h12-13,15H,2-11H2,1H3,(H,16,18). The molecule has 2 saturated heterocycles. The summed E-state index contributed by atoms with van der Waals surface area (Å²) >= 11 is 0. The highest BCUT2D eigenvalue weighted by Gasteiger charge is 2.19. The highest BCUT2D eigenvalue weighted by Crippen LogP contribution is 2.12. The molecule has 2 N–H and O–H groups in total. The molecule has 110 valence electrons. The van der Waals surface area contributed by atoms with Crippen molar-refractivity contribution < 1.29 is 9.53 Å². The Morgan fingerprint density at radius 2 is 2.16 bits per heavy atom. The molecule has 1 atom stereocenters. The molecule has 1 unspecified atom stereocenters. The fourth-order valence-corrected chi connectivity index (χ4v) is 2.82. The molecule has 5 nitrogen and oxygen atoms in total. The Balaban J connectivity index is 1.49. The lowest BCUT2D eigenvalue weighted by atomic mass is 10.1. The van der Waals surface area contributed by atoms with Crippen LogP contribution < -0.4 is 10.6 Å². The number of rotatable bonds is 6. The van der Waals surface area contributed by atoms with E-state index in [2.05, 4.69) is 22.6 Å². The lowest BCUT2D eigenvalue weighted by Crippen LogP contribution is -2.34. The van der Waals surface area contributed by atoms with E-state index in [1.54, 1.807) is 0 Å². The summed E-state index contributed by atoms with van der Waals surface area (Å²) < 4.78 is 5.73. The number of ether oxygens (including phenoxy) is 1. The van der Waals surface area contributed by atoms with Crippen molar-refractivity contribution in [3.8, 4) is 0 Å². The van der Waals surface area contributed by atoms with Crippen LogP contribution in [0.4, 0.5) is 0 Å². The van der Waals surface area contributed by atoms with E-state index in [-0.39, 0.29) is 5.91 Å². The first-order valence-corrected chi connectivity index (χ1v) is 7.51. The first-order valence-electron chi connectivity index (χ1n) is 7.51. The van der Waals surface area contributed by atoms with Gasteiger partial charge in [0.15, 0.2) is 0 Å². The number of likely N-dealkylation sites (tertiary alicyclic amines) is 1. The average molecular weight is 269 g/mol. The number of nitrogens with zero attached hydrogens (tertiary/aromatic N) is 1. The molecule has 0 saturated carbocycles. The fraction of sp³-hybridized carbons (Fsp3) is 0.929. The van der Waals surface area contributed by atoms with Gasteiger partial charge in [-0.15, -0.1) is 0 Å². The normalized spacial score (nSPS) is 25.6. The summed E-state index contributed by atoms with van der Waals surface area (Å²) in [5.74, 6) is 0.753. The van der Waals surface area contributed by atoms with Crippen LogP contribution in [0.2, 0.25) is 0 Å². The Morgan fingerprint density at radius 1 is 1.37 bits per heavy atom. The van der Waals surface area contributed by atoms with Crippen LogP contribution in [0.15, 0.2) is 0 Å². The van der Waals surface area contributed by atoms with Gasteiger partial charge in [-0.1, -0.05) is 0 Å². The van der Waals surface area contributed by atoms with Crippen molar-refractivity contribution in [3.63, 3.8) is 0 Å².